The third-order valence-electron chi connectivity index (χ3n) is 5.14. The van der Waals surface area contributed by atoms with E-state index in [4.69, 9.17) is 4.98 Å². The Hall–Kier alpha value is -2.08. The Kier molecular flexibility index (Phi) is 4.14. The van der Waals surface area contributed by atoms with E-state index < -0.39 is 0 Å². The minimum Gasteiger partial charge on any atom is -0.335 e. The highest BCUT2D eigenvalue weighted by atomic mass is 16.2. The second kappa shape index (κ2) is 6.43. The molecule has 0 atom stereocenters. The van der Waals surface area contributed by atoms with Crippen molar-refractivity contribution < 1.29 is 4.79 Å². The van der Waals surface area contributed by atoms with Crippen molar-refractivity contribution in [1.82, 2.24) is 19.8 Å². The van der Waals surface area contributed by atoms with Crippen molar-refractivity contribution in [3.8, 4) is 0 Å². The van der Waals surface area contributed by atoms with Gasteiger partial charge in [0, 0.05) is 24.8 Å². The van der Waals surface area contributed by atoms with Gasteiger partial charge in [0.1, 0.15) is 5.82 Å². The fourth-order valence-corrected chi connectivity index (χ4v) is 3.82. The number of anilines is 1. The largest absolute Gasteiger partial charge is 0.335 e. The first-order valence-corrected chi connectivity index (χ1v) is 8.94. The number of urea groups is 1. The molecular weight excluding hydrogens is 302 g/mol. The summed E-state index contributed by atoms with van der Waals surface area (Å²) in [6.07, 6.45) is 5.90. The van der Waals surface area contributed by atoms with Crippen molar-refractivity contribution in [2.75, 3.05) is 18.9 Å². The van der Waals surface area contributed by atoms with Crippen LogP contribution in [0.1, 0.15) is 37.9 Å². The first kappa shape index (κ1) is 15.4. The summed E-state index contributed by atoms with van der Waals surface area (Å²) < 4.78 is 2.28. The number of aromatic nitrogens is 2. The number of rotatable bonds is 2. The number of amides is 2. The van der Waals surface area contributed by atoms with Crippen LogP contribution in [0.15, 0.2) is 18.2 Å². The highest BCUT2D eigenvalue weighted by Gasteiger charge is 2.18. The highest BCUT2D eigenvalue weighted by Crippen LogP contribution is 2.23. The number of fused-ring (bicyclic) bond motifs is 3. The molecule has 1 fully saturated rings. The Morgan fingerprint density at radius 1 is 1.21 bits per heavy atom. The fourth-order valence-electron chi connectivity index (χ4n) is 3.82. The number of benzene rings is 1. The summed E-state index contributed by atoms with van der Waals surface area (Å²) in [5.74, 6) is 1.10. The van der Waals surface area contributed by atoms with E-state index in [2.05, 4.69) is 33.2 Å². The van der Waals surface area contributed by atoms with Gasteiger partial charge in [0.05, 0.1) is 17.6 Å². The van der Waals surface area contributed by atoms with Crippen LogP contribution in [0, 0.1) is 0 Å². The predicted octanol–water partition coefficient (Wildman–Crippen LogP) is 2.94. The number of carbonyl (C=O) groups is 1. The maximum Gasteiger partial charge on any atom is 0.319 e. The smallest absolute Gasteiger partial charge is 0.319 e. The summed E-state index contributed by atoms with van der Waals surface area (Å²) in [4.78, 5) is 19.2. The first-order valence-electron chi connectivity index (χ1n) is 8.94. The Morgan fingerprint density at radius 2 is 2.04 bits per heavy atom. The van der Waals surface area contributed by atoms with Crippen molar-refractivity contribution in [1.29, 1.82) is 0 Å². The molecular formula is C18H25N5O. The van der Waals surface area contributed by atoms with Gasteiger partial charge in [-0.15, -0.1) is 0 Å². The lowest BCUT2D eigenvalue weighted by Crippen LogP contribution is -2.38. The number of carbonyl (C=O) groups excluding carboxylic acids is 1. The molecule has 4 rings (SSSR count). The molecule has 0 unspecified atom stereocenters. The quantitative estimate of drug-likeness (QED) is 0.891. The van der Waals surface area contributed by atoms with Gasteiger partial charge < -0.3 is 15.2 Å². The Labute approximate surface area is 142 Å². The van der Waals surface area contributed by atoms with Gasteiger partial charge in [-0.3, -0.25) is 4.90 Å². The number of imidazole rings is 1. The lowest BCUT2D eigenvalue weighted by atomic mass is 9.96. The molecule has 0 bridgehead atoms. The SMILES string of the molecule is CN1CCn2c(nc3cc(NC(=O)NC4CCCCC4)ccc32)C1. The maximum atomic E-state index is 12.2. The average molecular weight is 327 g/mol. The summed E-state index contributed by atoms with van der Waals surface area (Å²) in [6, 6.07) is 6.22. The zero-order chi connectivity index (χ0) is 16.5. The fraction of sp³-hybridized carbons (Fsp3) is 0.556. The molecule has 24 heavy (non-hydrogen) atoms. The van der Waals surface area contributed by atoms with Crippen molar-refractivity contribution in [3.05, 3.63) is 24.0 Å². The van der Waals surface area contributed by atoms with Gasteiger partial charge in [0.15, 0.2) is 0 Å². The molecule has 128 valence electrons. The summed E-state index contributed by atoms with van der Waals surface area (Å²) in [5.41, 5.74) is 2.91. The third-order valence-corrected chi connectivity index (χ3v) is 5.14. The topological polar surface area (TPSA) is 62.2 Å². The Bertz CT molecular complexity index is 747. The predicted molar refractivity (Wildman–Crippen MR) is 95.1 cm³/mol. The van der Waals surface area contributed by atoms with Crippen LogP contribution in [0.25, 0.3) is 11.0 Å². The van der Waals surface area contributed by atoms with Crippen LogP contribution in [0.5, 0.6) is 0 Å². The highest BCUT2D eigenvalue weighted by molar-refractivity contribution is 5.92. The van der Waals surface area contributed by atoms with Crippen LogP contribution in [-0.4, -0.2) is 40.1 Å². The van der Waals surface area contributed by atoms with Crippen LogP contribution >= 0.6 is 0 Å². The lowest BCUT2D eigenvalue weighted by molar-refractivity contribution is 0.244. The monoisotopic (exact) mass is 327 g/mol. The number of likely N-dealkylation sites (N-methyl/N-ethyl adjacent to an activating group) is 1. The van der Waals surface area contributed by atoms with E-state index in [1.54, 1.807) is 0 Å². The minimum absolute atomic E-state index is 0.107. The molecule has 1 aromatic carbocycles. The van der Waals surface area contributed by atoms with Crippen LogP contribution in [0.4, 0.5) is 10.5 Å². The van der Waals surface area contributed by atoms with Crippen LogP contribution in [0.3, 0.4) is 0 Å². The zero-order valence-corrected chi connectivity index (χ0v) is 14.2. The molecule has 2 N–H and O–H groups in total. The second-order valence-corrected chi connectivity index (χ2v) is 7.05. The van der Waals surface area contributed by atoms with E-state index in [0.717, 1.165) is 55.0 Å². The van der Waals surface area contributed by atoms with E-state index in [-0.39, 0.29) is 6.03 Å². The van der Waals surface area contributed by atoms with Crippen molar-refractivity contribution in [2.24, 2.45) is 0 Å². The van der Waals surface area contributed by atoms with Gasteiger partial charge in [0.2, 0.25) is 0 Å². The first-order chi connectivity index (χ1) is 11.7. The number of hydrogen-bond donors (Lipinski definition) is 2. The standard InChI is InChI=1S/C18H25N5O/c1-22-9-10-23-16-8-7-14(11-15(16)21-17(23)12-22)20-18(24)19-13-5-3-2-4-6-13/h7-8,11,13H,2-6,9-10,12H2,1H3,(H2,19,20,24). The molecule has 2 aromatic rings. The van der Waals surface area contributed by atoms with Crippen LogP contribution < -0.4 is 10.6 Å². The van der Waals surface area contributed by atoms with Crippen LogP contribution in [0.2, 0.25) is 0 Å². The lowest BCUT2D eigenvalue weighted by Gasteiger charge is -2.23. The summed E-state index contributed by atoms with van der Waals surface area (Å²) >= 11 is 0. The van der Waals surface area contributed by atoms with E-state index in [1.165, 1.54) is 19.3 Å². The van der Waals surface area contributed by atoms with E-state index in [1.807, 2.05) is 12.1 Å². The molecule has 1 aromatic heterocycles. The van der Waals surface area contributed by atoms with Crippen molar-refractivity contribution >= 4 is 22.8 Å². The molecule has 2 aliphatic rings. The average Bonchev–Trinajstić information content (AvgIpc) is 2.92. The maximum absolute atomic E-state index is 12.2. The molecule has 0 saturated heterocycles. The Morgan fingerprint density at radius 3 is 2.88 bits per heavy atom. The number of nitrogens with one attached hydrogen (secondary N) is 2. The zero-order valence-electron chi connectivity index (χ0n) is 14.2. The molecule has 1 aliphatic carbocycles. The summed E-state index contributed by atoms with van der Waals surface area (Å²) in [6.45, 7) is 2.89. The normalized spacial score (nSPS) is 19.2. The molecule has 6 nitrogen and oxygen atoms in total. The van der Waals surface area contributed by atoms with Gasteiger partial charge in [-0.1, -0.05) is 19.3 Å². The molecule has 1 aliphatic heterocycles. The molecule has 0 spiro atoms. The number of nitrogens with zero attached hydrogens (tertiary/aromatic N) is 3. The van der Waals surface area contributed by atoms with Gasteiger partial charge in [-0.2, -0.15) is 0 Å². The summed E-state index contributed by atoms with van der Waals surface area (Å²) in [5, 5.41) is 6.05. The van der Waals surface area contributed by atoms with Crippen molar-refractivity contribution in [2.45, 2.75) is 51.2 Å². The second-order valence-electron chi connectivity index (χ2n) is 7.05. The van der Waals surface area contributed by atoms with E-state index in [0.29, 0.717) is 6.04 Å². The van der Waals surface area contributed by atoms with E-state index >= 15 is 0 Å². The molecule has 2 amide bonds. The molecule has 1 saturated carbocycles. The van der Waals surface area contributed by atoms with Gasteiger partial charge in [0.25, 0.3) is 0 Å². The number of hydrogen-bond acceptors (Lipinski definition) is 3. The molecule has 2 heterocycles. The van der Waals surface area contributed by atoms with Crippen molar-refractivity contribution in [3.63, 3.8) is 0 Å². The Balaban J connectivity index is 1.47. The van der Waals surface area contributed by atoms with Gasteiger partial charge in [-0.05, 0) is 38.1 Å². The van der Waals surface area contributed by atoms with Gasteiger partial charge in [-0.25, -0.2) is 9.78 Å². The van der Waals surface area contributed by atoms with E-state index in [9.17, 15) is 4.79 Å². The molecule has 6 heteroatoms. The minimum atomic E-state index is -0.107. The van der Waals surface area contributed by atoms with Crippen LogP contribution in [-0.2, 0) is 13.1 Å². The third kappa shape index (κ3) is 3.11. The molecule has 0 radical (unpaired) electrons. The summed E-state index contributed by atoms with van der Waals surface area (Å²) in [7, 11) is 2.12. The van der Waals surface area contributed by atoms with Gasteiger partial charge >= 0.3 is 6.03 Å².